The fourth-order valence-corrected chi connectivity index (χ4v) is 4.82. The Hall–Kier alpha value is -3.96. The maximum Gasteiger partial charge on any atom is 0.269 e. The van der Waals surface area contributed by atoms with Crippen LogP contribution in [0, 0.1) is 22.7 Å². The van der Waals surface area contributed by atoms with E-state index in [2.05, 4.69) is 27.4 Å². The number of aliphatic hydroxyl groups is 2. The van der Waals surface area contributed by atoms with E-state index in [-0.39, 0.29) is 35.8 Å². The number of anilines is 1. The van der Waals surface area contributed by atoms with Gasteiger partial charge < -0.3 is 20.4 Å². The topological polar surface area (TPSA) is 146 Å². The summed E-state index contributed by atoms with van der Waals surface area (Å²) in [5.74, 6) is 0.411. The number of hydrogen-bond donors (Lipinski definition) is 3. The largest absolute Gasteiger partial charge is 0.389 e. The number of carbonyl (C=O) groups excluding carboxylic acids is 1. The summed E-state index contributed by atoms with van der Waals surface area (Å²) in [6.45, 7) is 0.236. The molecule has 3 heterocycles. The molecule has 2 aromatic heterocycles. The van der Waals surface area contributed by atoms with E-state index in [0.717, 1.165) is 5.56 Å². The standard InChI is InChI=1S/C25H22N6O3S/c1-28-24(34)19-9-15(7-8-29-19)14-35-25-18(11-27)22(16-5-3-2-4-6-16)17(10-26)23(30-25)31-12-20(32)21(33)13-31/h2-9,20-21,32-33H,12-14H2,1H3,(H,28,34)/t20-,21?/m0/s1. The van der Waals surface area contributed by atoms with Crippen LogP contribution in [0.2, 0.25) is 0 Å². The molecule has 176 valence electrons. The van der Waals surface area contributed by atoms with Gasteiger partial charge in [0.25, 0.3) is 5.91 Å². The zero-order valence-electron chi connectivity index (χ0n) is 18.8. The molecule has 4 rings (SSSR count). The van der Waals surface area contributed by atoms with Crippen molar-refractivity contribution in [1.29, 1.82) is 10.5 Å². The number of hydrogen-bond acceptors (Lipinski definition) is 9. The van der Waals surface area contributed by atoms with Crippen LogP contribution < -0.4 is 10.2 Å². The van der Waals surface area contributed by atoms with Gasteiger partial charge in [-0.3, -0.25) is 9.78 Å². The van der Waals surface area contributed by atoms with Crippen LogP contribution in [0.15, 0.2) is 53.7 Å². The van der Waals surface area contributed by atoms with Gasteiger partial charge in [0.05, 0.1) is 17.8 Å². The first-order valence-corrected chi connectivity index (χ1v) is 11.8. The van der Waals surface area contributed by atoms with Crippen molar-refractivity contribution >= 4 is 23.5 Å². The summed E-state index contributed by atoms with van der Waals surface area (Å²) in [5, 5.41) is 43.3. The molecule has 1 fully saturated rings. The van der Waals surface area contributed by atoms with Crippen molar-refractivity contribution in [3.63, 3.8) is 0 Å². The molecule has 3 aromatic rings. The highest BCUT2D eigenvalue weighted by molar-refractivity contribution is 7.98. The van der Waals surface area contributed by atoms with Gasteiger partial charge in [-0.2, -0.15) is 10.5 Å². The molecule has 0 saturated carbocycles. The van der Waals surface area contributed by atoms with Crippen molar-refractivity contribution in [1.82, 2.24) is 15.3 Å². The van der Waals surface area contributed by atoms with E-state index >= 15 is 0 Å². The molecule has 10 heteroatoms. The van der Waals surface area contributed by atoms with Gasteiger partial charge in [-0.25, -0.2) is 4.98 Å². The highest BCUT2D eigenvalue weighted by Crippen LogP contribution is 2.39. The van der Waals surface area contributed by atoms with E-state index in [1.165, 1.54) is 18.8 Å². The molecule has 3 N–H and O–H groups in total. The van der Waals surface area contributed by atoms with E-state index in [1.807, 2.05) is 30.3 Å². The van der Waals surface area contributed by atoms with Gasteiger partial charge in [-0.15, -0.1) is 11.8 Å². The Balaban J connectivity index is 1.81. The maximum atomic E-state index is 11.9. The lowest BCUT2D eigenvalue weighted by molar-refractivity contribution is 0.0572. The molecule has 0 bridgehead atoms. The first-order valence-electron chi connectivity index (χ1n) is 10.8. The lowest BCUT2D eigenvalue weighted by Crippen LogP contribution is -2.24. The molecule has 1 unspecified atom stereocenters. The zero-order valence-corrected chi connectivity index (χ0v) is 19.7. The van der Waals surface area contributed by atoms with Crippen LogP contribution in [0.3, 0.4) is 0 Å². The summed E-state index contributed by atoms with van der Waals surface area (Å²) in [4.78, 5) is 22.4. The number of aromatic nitrogens is 2. The van der Waals surface area contributed by atoms with Gasteiger partial charge >= 0.3 is 0 Å². The molecule has 1 aliphatic heterocycles. The average molecular weight is 487 g/mol. The van der Waals surface area contributed by atoms with Gasteiger partial charge in [0.15, 0.2) is 0 Å². The summed E-state index contributed by atoms with van der Waals surface area (Å²) in [6, 6.07) is 17.0. The Kier molecular flexibility index (Phi) is 7.28. The van der Waals surface area contributed by atoms with Crippen molar-refractivity contribution < 1.29 is 15.0 Å². The Morgan fingerprint density at radius 1 is 1.14 bits per heavy atom. The number of rotatable bonds is 6. The first kappa shape index (κ1) is 24.2. The molecule has 35 heavy (non-hydrogen) atoms. The molecule has 0 aliphatic carbocycles. The molecular formula is C25H22N6O3S. The lowest BCUT2D eigenvalue weighted by Gasteiger charge is -2.22. The van der Waals surface area contributed by atoms with Crippen molar-refractivity contribution in [2.75, 3.05) is 25.0 Å². The fraction of sp³-hybridized carbons (Fsp3) is 0.240. The first-order chi connectivity index (χ1) is 17.0. The van der Waals surface area contributed by atoms with E-state index in [0.29, 0.717) is 27.7 Å². The average Bonchev–Trinajstić information content (AvgIpc) is 3.24. The number of β-amino-alcohol motifs (C(OH)–C–C–N with tert-alkyl or cyclic N) is 2. The van der Waals surface area contributed by atoms with Crippen molar-refractivity contribution in [3.05, 3.63) is 71.0 Å². The van der Waals surface area contributed by atoms with Crippen LogP contribution in [0.25, 0.3) is 11.1 Å². The Bertz CT molecular complexity index is 1330. The normalized spacial score (nSPS) is 17.0. The van der Waals surface area contributed by atoms with E-state index in [1.54, 1.807) is 23.2 Å². The highest BCUT2D eigenvalue weighted by Gasteiger charge is 2.34. The summed E-state index contributed by atoms with van der Waals surface area (Å²) in [6.07, 6.45) is -0.378. The number of thioether (sulfide) groups is 1. The van der Waals surface area contributed by atoms with Crippen LogP contribution in [0.4, 0.5) is 5.82 Å². The zero-order chi connectivity index (χ0) is 24.9. The number of pyridine rings is 2. The molecule has 9 nitrogen and oxygen atoms in total. The number of nitrogens with zero attached hydrogens (tertiary/aromatic N) is 5. The van der Waals surface area contributed by atoms with E-state index in [4.69, 9.17) is 0 Å². The minimum Gasteiger partial charge on any atom is -0.389 e. The smallest absolute Gasteiger partial charge is 0.269 e. The Morgan fingerprint density at radius 2 is 1.83 bits per heavy atom. The second-order valence-corrected chi connectivity index (χ2v) is 8.88. The second-order valence-electron chi connectivity index (χ2n) is 7.91. The van der Waals surface area contributed by atoms with E-state index < -0.39 is 12.2 Å². The van der Waals surface area contributed by atoms with Gasteiger partial charge in [0.1, 0.15) is 34.2 Å². The predicted octanol–water partition coefficient (Wildman–Crippen LogP) is 2.08. The summed E-state index contributed by atoms with van der Waals surface area (Å²) in [5.41, 5.74) is 2.72. The third-order valence-electron chi connectivity index (χ3n) is 5.65. The number of nitrogens with one attached hydrogen (secondary N) is 1. The monoisotopic (exact) mass is 486 g/mol. The quantitative estimate of drug-likeness (QED) is 0.446. The van der Waals surface area contributed by atoms with Crippen LogP contribution in [-0.4, -0.2) is 58.4 Å². The summed E-state index contributed by atoms with van der Waals surface area (Å²) in [7, 11) is 1.53. The Morgan fingerprint density at radius 3 is 2.46 bits per heavy atom. The summed E-state index contributed by atoms with van der Waals surface area (Å²) < 4.78 is 0. The number of benzene rings is 1. The Labute approximate surface area is 206 Å². The van der Waals surface area contributed by atoms with Crippen molar-refractivity contribution in [3.8, 4) is 23.3 Å². The maximum absolute atomic E-state index is 11.9. The van der Waals surface area contributed by atoms with Gasteiger partial charge in [0.2, 0.25) is 0 Å². The lowest BCUT2D eigenvalue weighted by atomic mass is 9.96. The van der Waals surface area contributed by atoms with Crippen LogP contribution in [0.1, 0.15) is 27.2 Å². The number of nitriles is 2. The second kappa shape index (κ2) is 10.5. The van der Waals surface area contributed by atoms with Crippen LogP contribution >= 0.6 is 11.8 Å². The van der Waals surface area contributed by atoms with Gasteiger partial charge in [-0.1, -0.05) is 30.3 Å². The van der Waals surface area contributed by atoms with E-state index in [9.17, 15) is 25.5 Å². The molecule has 1 amide bonds. The van der Waals surface area contributed by atoms with Crippen molar-refractivity contribution in [2.24, 2.45) is 0 Å². The highest BCUT2D eigenvalue weighted by atomic mass is 32.2. The SMILES string of the molecule is CNC(=O)c1cc(CSc2nc(N3CC(O)[C@@H](O)C3)c(C#N)c(-c3ccccc3)c2C#N)ccn1. The molecule has 0 radical (unpaired) electrons. The minimum absolute atomic E-state index is 0.118. The molecule has 1 aromatic carbocycles. The van der Waals surface area contributed by atoms with Gasteiger partial charge in [0, 0.05) is 37.7 Å². The fourth-order valence-electron chi connectivity index (χ4n) is 3.90. The summed E-state index contributed by atoms with van der Waals surface area (Å²) >= 11 is 1.30. The molecular weight excluding hydrogens is 464 g/mol. The van der Waals surface area contributed by atoms with Crippen molar-refractivity contribution in [2.45, 2.75) is 23.0 Å². The third kappa shape index (κ3) is 4.96. The molecule has 0 spiro atoms. The number of carbonyl (C=O) groups is 1. The number of aliphatic hydroxyl groups excluding tert-OH is 2. The third-order valence-corrected chi connectivity index (χ3v) is 6.70. The number of amides is 1. The van der Waals surface area contributed by atoms with Gasteiger partial charge in [-0.05, 0) is 23.3 Å². The molecule has 1 aliphatic rings. The van der Waals surface area contributed by atoms with Crippen LogP contribution in [0.5, 0.6) is 0 Å². The van der Waals surface area contributed by atoms with Crippen LogP contribution in [-0.2, 0) is 5.75 Å². The molecule has 2 atom stereocenters. The predicted molar refractivity (Wildman–Crippen MR) is 131 cm³/mol. The minimum atomic E-state index is -0.963. The molecule has 1 saturated heterocycles.